The summed E-state index contributed by atoms with van der Waals surface area (Å²) in [4.78, 5) is 23.5. The van der Waals surface area contributed by atoms with Crippen LogP contribution >= 0.6 is 0 Å². The summed E-state index contributed by atoms with van der Waals surface area (Å²) in [5, 5.41) is 19.2. The fraction of sp³-hybridized carbons (Fsp3) is 0.263. The first-order valence-electron chi connectivity index (χ1n) is 7.55. The van der Waals surface area contributed by atoms with Crippen molar-refractivity contribution in [1.82, 2.24) is 0 Å². The molecule has 0 heterocycles. The van der Waals surface area contributed by atoms with Crippen LogP contribution in [0, 0.1) is 11.8 Å². The summed E-state index contributed by atoms with van der Waals surface area (Å²) in [6.45, 7) is 1.77. The molecule has 0 aliphatic heterocycles. The minimum Gasteiger partial charge on any atom is -0.481 e. The van der Waals surface area contributed by atoms with Gasteiger partial charge in [-0.25, -0.2) is 0 Å². The Balaban J connectivity index is 2.32. The van der Waals surface area contributed by atoms with Gasteiger partial charge in [-0.3, -0.25) is 9.59 Å². The van der Waals surface area contributed by atoms with Crippen molar-refractivity contribution in [2.45, 2.75) is 19.3 Å². The van der Waals surface area contributed by atoms with Crippen LogP contribution in [0.2, 0.25) is 0 Å². The van der Waals surface area contributed by atoms with Crippen molar-refractivity contribution in [3.05, 3.63) is 71.8 Å². The van der Waals surface area contributed by atoms with Crippen molar-refractivity contribution < 1.29 is 19.8 Å². The first kappa shape index (κ1) is 16.7. The van der Waals surface area contributed by atoms with E-state index < -0.39 is 29.7 Å². The van der Waals surface area contributed by atoms with Gasteiger partial charge >= 0.3 is 11.9 Å². The van der Waals surface area contributed by atoms with Gasteiger partial charge in [0.2, 0.25) is 0 Å². The summed E-state index contributed by atoms with van der Waals surface area (Å²) in [5.41, 5.74) is 1.66. The predicted molar refractivity (Wildman–Crippen MR) is 87.3 cm³/mol. The lowest BCUT2D eigenvalue weighted by molar-refractivity contribution is -0.154. The first-order chi connectivity index (χ1) is 11.0. The molecular formula is C19H20O4. The molecule has 2 aromatic carbocycles. The normalized spacial score (nSPS) is 14.7. The SMILES string of the molecule is C[C@@H](c1ccccc1)[C@H](C(=O)O)[C@H](Cc1ccccc1)C(=O)O. The molecule has 0 bridgehead atoms. The predicted octanol–water partition coefficient (Wildman–Crippen LogP) is 3.43. The van der Waals surface area contributed by atoms with Crippen molar-refractivity contribution in [3.63, 3.8) is 0 Å². The summed E-state index contributed by atoms with van der Waals surface area (Å²) >= 11 is 0. The topological polar surface area (TPSA) is 74.6 Å². The maximum absolute atomic E-state index is 11.8. The molecule has 2 N–H and O–H groups in total. The lowest BCUT2D eigenvalue weighted by atomic mass is 9.76. The lowest BCUT2D eigenvalue weighted by Crippen LogP contribution is -2.35. The van der Waals surface area contributed by atoms with E-state index in [0.717, 1.165) is 11.1 Å². The van der Waals surface area contributed by atoms with E-state index in [2.05, 4.69) is 0 Å². The van der Waals surface area contributed by atoms with Crippen LogP contribution in [0.5, 0.6) is 0 Å². The zero-order valence-electron chi connectivity index (χ0n) is 12.9. The molecule has 4 heteroatoms. The van der Waals surface area contributed by atoms with Crippen LogP contribution < -0.4 is 0 Å². The molecule has 0 spiro atoms. The van der Waals surface area contributed by atoms with Gasteiger partial charge < -0.3 is 10.2 Å². The molecule has 0 radical (unpaired) electrons. The molecule has 120 valence electrons. The average Bonchev–Trinajstić information content (AvgIpc) is 2.55. The summed E-state index contributed by atoms with van der Waals surface area (Å²) < 4.78 is 0. The first-order valence-corrected chi connectivity index (χ1v) is 7.55. The number of rotatable bonds is 7. The van der Waals surface area contributed by atoms with Crippen LogP contribution in [0.25, 0.3) is 0 Å². The van der Waals surface area contributed by atoms with E-state index in [1.165, 1.54) is 0 Å². The fourth-order valence-electron chi connectivity index (χ4n) is 2.93. The largest absolute Gasteiger partial charge is 0.481 e. The van der Waals surface area contributed by atoms with E-state index in [-0.39, 0.29) is 6.42 Å². The van der Waals surface area contributed by atoms with Gasteiger partial charge in [-0.1, -0.05) is 67.6 Å². The van der Waals surface area contributed by atoms with E-state index in [1.54, 1.807) is 6.92 Å². The third-order valence-electron chi connectivity index (χ3n) is 4.20. The van der Waals surface area contributed by atoms with E-state index in [9.17, 15) is 19.8 Å². The zero-order valence-corrected chi connectivity index (χ0v) is 12.9. The second-order valence-electron chi connectivity index (χ2n) is 5.70. The monoisotopic (exact) mass is 312 g/mol. The van der Waals surface area contributed by atoms with E-state index in [1.807, 2.05) is 60.7 Å². The Hall–Kier alpha value is -2.62. The molecule has 0 saturated heterocycles. The van der Waals surface area contributed by atoms with E-state index in [4.69, 9.17) is 0 Å². The number of carboxylic acids is 2. The molecule has 0 aliphatic carbocycles. The molecule has 0 aliphatic rings. The number of hydrogen-bond donors (Lipinski definition) is 2. The summed E-state index contributed by atoms with van der Waals surface area (Å²) in [6.07, 6.45) is 0.199. The van der Waals surface area contributed by atoms with Gasteiger partial charge in [-0.15, -0.1) is 0 Å². The molecule has 0 amide bonds. The molecule has 2 aromatic rings. The highest BCUT2D eigenvalue weighted by molar-refractivity contribution is 5.81. The molecule has 3 atom stereocenters. The van der Waals surface area contributed by atoms with Crippen LogP contribution in [0.1, 0.15) is 24.0 Å². The highest BCUT2D eigenvalue weighted by atomic mass is 16.4. The fourth-order valence-corrected chi connectivity index (χ4v) is 2.93. The van der Waals surface area contributed by atoms with Gasteiger partial charge in [0.25, 0.3) is 0 Å². The second-order valence-corrected chi connectivity index (χ2v) is 5.70. The van der Waals surface area contributed by atoms with Gasteiger partial charge in [0.05, 0.1) is 11.8 Å². The molecule has 0 unspecified atom stereocenters. The smallest absolute Gasteiger partial charge is 0.307 e. The number of carbonyl (C=O) groups is 2. The maximum Gasteiger partial charge on any atom is 0.307 e. The van der Waals surface area contributed by atoms with Crippen molar-refractivity contribution in [3.8, 4) is 0 Å². The molecule has 23 heavy (non-hydrogen) atoms. The Morgan fingerprint density at radius 1 is 0.870 bits per heavy atom. The highest BCUT2D eigenvalue weighted by Crippen LogP contribution is 2.32. The van der Waals surface area contributed by atoms with Crippen LogP contribution in [-0.4, -0.2) is 22.2 Å². The maximum atomic E-state index is 11.8. The number of carboxylic acid groups (broad SMARTS) is 2. The third-order valence-corrected chi connectivity index (χ3v) is 4.20. The van der Waals surface area contributed by atoms with E-state index in [0.29, 0.717) is 0 Å². The Morgan fingerprint density at radius 2 is 1.39 bits per heavy atom. The van der Waals surface area contributed by atoms with Gasteiger partial charge in [-0.05, 0) is 23.5 Å². The van der Waals surface area contributed by atoms with Gasteiger partial charge in [0, 0.05) is 0 Å². The minimum absolute atomic E-state index is 0.199. The summed E-state index contributed by atoms with van der Waals surface area (Å²) in [6, 6.07) is 18.3. The van der Waals surface area contributed by atoms with Gasteiger partial charge in [0.15, 0.2) is 0 Å². The summed E-state index contributed by atoms with van der Waals surface area (Å²) in [5.74, 6) is -4.52. The van der Waals surface area contributed by atoms with Crippen molar-refractivity contribution in [1.29, 1.82) is 0 Å². The molecule has 2 rings (SSSR count). The third kappa shape index (κ3) is 4.19. The minimum atomic E-state index is -1.08. The molecular weight excluding hydrogens is 292 g/mol. The molecule has 0 fully saturated rings. The average molecular weight is 312 g/mol. The second kappa shape index (κ2) is 7.58. The molecule has 0 aromatic heterocycles. The number of benzene rings is 2. The van der Waals surface area contributed by atoms with Crippen LogP contribution in [0.15, 0.2) is 60.7 Å². The standard InChI is InChI=1S/C19H20O4/c1-13(15-10-6-3-7-11-15)17(19(22)23)16(18(20)21)12-14-8-4-2-5-9-14/h2-11,13,16-17H,12H2,1H3,(H,20,21)(H,22,23)/t13-,16-,17-/m0/s1. The van der Waals surface area contributed by atoms with Crippen molar-refractivity contribution in [2.75, 3.05) is 0 Å². The quantitative estimate of drug-likeness (QED) is 0.821. The number of aliphatic carboxylic acids is 2. The van der Waals surface area contributed by atoms with Gasteiger partial charge in [-0.2, -0.15) is 0 Å². The Bertz CT molecular complexity index is 652. The zero-order chi connectivity index (χ0) is 16.8. The van der Waals surface area contributed by atoms with E-state index >= 15 is 0 Å². The van der Waals surface area contributed by atoms with Crippen molar-refractivity contribution in [2.24, 2.45) is 11.8 Å². The Kier molecular flexibility index (Phi) is 5.52. The van der Waals surface area contributed by atoms with Crippen LogP contribution in [0.4, 0.5) is 0 Å². The van der Waals surface area contributed by atoms with Crippen LogP contribution in [0.3, 0.4) is 0 Å². The summed E-state index contributed by atoms with van der Waals surface area (Å²) in [7, 11) is 0. The lowest BCUT2D eigenvalue weighted by Gasteiger charge is -2.26. The highest BCUT2D eigenvalue weighted by Gasteiger charge is 2.38. The Labute approximate surface area is 135 Å². The molecule has 4 nitrogen and oxygen atoms in total. The Morgan fingerprint density at radius 3 is 1.87 bits per heavy atom. The van der Waals surface area contributed by atoms with Gasteiger partial charge in [0.1, 0.15) is 0 Å². The molecule has 0 saturated carbocycles. The van der Waals surface area contributed by atoms with Crippen LogP contribution in [-0.2, 0) is 16.0 Å². The number of hydrogen-bond acceptors (Lipinski definition) is 2. The van der Waals surface area contributed by atoms with Crippen molar-refractivity contribution >= 4 is 11.9 Å².